The molecule has 0 aliphatic carbocycles. The molecule has 2 rings (SSSR count). The normalized spacial score (nSPS) is 9.47. The monoisotopic (exact) mass is 199 g/mol. The highest BCUT2D eigenvalue weighted by Gasteiger charge is 2.01. The lowest BCUT2D eigenvalue weighted by Gasteiger charge is -2.07. The van der Waals surface area contributed by atoms with E-state index in [9.17, 15) is 0 Å². The zero-order valence-corrected chi connectivity index (χ0v) is 9.33. The second-order valence-electron chi connectivity index (χ2n) is 3.61. The molecule has 0 atom stereocenters. The molecule has 1 heteroatoms. The summed E-state index contributed by atoms with van der Waals surface area (Å²) >= 11 is 0. The molecule has 0 radical (unpaired) electrons. The Morgan fingerprint density at radius 1 is 0.733 bits per heavy atom. The van der Waals surface area contributed by atoms with E-state index < -0.39 is 0 Å². The molecule has 0 unspecified atom stereocenters. The van der Waals surface area contributed by atoms with Crippen molar-refractivity contribution >= 4 is 0 Å². The predicted octanol–water partition coefficient (Wildman–Crippen LogP) is 4.13. The molecular weight excluding hydrogens is 182 g/mol. The number of aryl methyl sites for hydroxylation is 1. The SMILES string of the molecule is Cc1cccc(-c2ccccc2)c1C.N. The quantitative estimate of drug-likeness (QED) is 0.736. The van der Waals surface area contributed by atoms with Gasteiger partial charge < -0.3 is 6.15 Å². The Morgan fingerprint density at radius 3 is 2.07 bits per heavy atom. The van der Waals surface area contributed by atoms with Gasteiger partial charge in [-0.2, -0.15) is 0 Å². The van der Waals surface area contributed by atoms with Crippen molar-refractivity contribution in [3.05, 3.63) is 59.7 Å². The summed E-state index contributed by atoms with van der Waals surface area (Å²) in [6, 6.07) is 17.0. The van der Waals surface area contributed by atoms with Gasteiger partial charge in [0.1, 0.15) is 0 Å². The molecule has 0 saturated carbocycles. The van der Waals surface area contributed by atoms with Gasteiger partial charge in [0.05, 0.1) is 0 Å². The maximum atomic E-state index is 2.18. The lowest BCUT2D eigenvalue weighted by Crippen LogP contribution is -1.85. The van der Waals surface area contributed by atoms with Gasteiger partial charge in [0.25, 0.3) is 0 Å². The Balaban J connectivity index is 0.00000112. The van der Waals surface area contributed by atoms with E-state index in [-0.39, 0.29) is 6.15 Å². The van der Waals surface area contributed by atoms with E-state index in [0.717, 1.165) is 0 Å². The second-order valence-corrected chi connectivity index (χ2v) is 3.61. The fourth-order valence-corrected chi connectivity index (χ4v) is 1.68. The fraction of sp³-hybridized carbons (Fsp3) is 0.143. The molecule has 2 aromatic rings. The van der Waals surface area contributed by atoms with Gasteiger partial charge >= 0.3 is 0 Å². The van der Waals surface area contributed by atoms with Crippen LogP contribution in [0, 0.1) is 13.8 Å². The lowest BCUT2D eigenvalue weighted by atomic mass is 9.97. The van der Waals surface area contributed by atoms with Crippen molar-refractivity contribution in [2.75, 3.05) is 0 Å². The maximum absolute atomic E-state index is 2.18. The summed E-state index contributed by atoms with van der Waals surface area (Å²) in [4.78, 5) is 0. The van der Waals surface area contributed by atoms with Gasteiger partial charge in [0.2, 0.25) is 0 Å². The second kappa shape index (κ2) is 4.76. The minimum absolute atomic E-state index is 0. The van der Waals surface area contributed by atoms with Gasteiger partial charge in [-0.3, -0.25) is 0 Å². The van der Waals surface area contributed by atoms with Crippen molar-refractivity contribution in [3.8, 4) is 11.1 Å². The maximum Gasteiger partial charge on any atom is -0.0152 e. The van der Waals surface area contributed by atoms with Crippen molar-refractivity contribution in [2.24, 2.45) is 0 Å². The van der Waals surface area contributed by atoms with Gasteiger partial charge in [0.15, 0.2) is 0 Å². The van der Waals surface area contributed by atoms with Crippen molar-refractivity contribution < 1.29 is 0 Å². The van der Waals surface area contributed by atoms with E-state index in [4.69, 9.17) is 0 Å². The lowest BCUT2D eigenvalue weighted by molar-refractivity contribution is 1.34. The van der Waals surface area contributed by atoms with Gasteiger partial charge in [-0.15, -0.1) is 0 Å². The number of hydrogen-bond donors (Lipinski definition) is 1. The van der Waals surface area contributed by atoms with Gasteiger partial charge in [-0.1, -0.05) is 48.5 Å². The van der Waals surface area contributed by atoms with Crippen LogP contribution in [0.3, 0.4) is 0 Å². The molecule has 0 bridgehead atoms. The smallest absolute Gasteiger partial charge is 0.0152 e. The predicted molar refractivity (Wildman–Crippen MR) is 66.4 cm³/mol. The minimum atomic E-state index is 0. The molecule has 0 fully saturated rings. The number of hydrogen-bond acceptors (Lipinski definition) is 1. The largest absolute Gasteiger partial charge is 0.344 e. The Kier molecular flexibility index (Phi) is 3.64. The summed E-state index contributed by atoms with van der Waals surface area (Å²) in [5, 5.41) is 0. The van der Waals surface area contributed by atoms with Crippen LogP contribution in [0.2, 0.25) is 0 Å². The molecule has 0 heterocycles. The average molecular weight is 199 g/mol. The molecule has 0 aliphatic rings. The van der Waals surface area contributed by atoms with Gasteiger partial charge in [-0.05, 0) is 36.1 Å². The Morgan fingerprint density at radius 2 is 1.40 bits per heavy atom. The Hall–Kier alpha value is -1.60. The van der Waals surface area contributed by atoms with Crippen molar-refractivity contribution in [1.29, 1.82) is 0 Å². The van der Waals surface area contributed by atoms with Crippen molar-refractivity contribution in [3.63, 3.8) is 0 Å². The molecule has 0 amide bonds. The molecule has 0 spiro atoms. The molecule has 0 saturated heterocycles. The summed E-state index contributed by atoms with van der Waals surface area (Å²) in [6.07, 6.45) is 0. The Bertz CT molecular complexity index is 432. The summed E-state index contributed by atoms with van der Waals surface area (Å²) < 4.78 is 0. The Labute approximate surface area is 91.4 Å². The third kappa shape index (κ3) is 2.25. The van der Waals surface area contributed by atoms with Crippen LogP contribution in [-0.2, 0) is 0 Å². The molecule has 15 heavy (non-hydrogen) atoms. The first-order valence-corrected chi connectivity index (χ1v) is 4.90. The number of benzene rings is 2. The van der Waals surface area contributed by atoms with Crippen LogP contribution in [0.25, 0.3) is 11.1 Å². The zero-order chi connectivity index (χ0) is 9.97. The van der Waals surface area contributed by atoms with Crippen LogP contribution in [-0.4, -0.2) is 0 Å². The van der Waals surface area contributed by atoms with E-state index >= 15 is 0 Å². The van der Waals surface area contributed by atoms with Crippen LogP contribution in [0.1, 0.15) is 11.1 Å². The fourth-order valence-electron chi connectivity index (χ4n) is 1.68. The van der Waals surface area contributed by atoms with E-state index in [0.29, 0.717) is 0 Å². The van der Waals surface area contributed by atoms with Crippen molar-refractivity contribution in [2.45, 2.75) is 13.8 Å². The standard InChI is InChI=1S/C14H14.H3N/c1-11-7-6-10-14(12(11)2)13-8-4-3-5-9-13;/h3-10H,1-2H3;1H3. The van der Waals surface area contributed by atoms with Crippen molar-refractivity contribution in [1.82, 2.24) is 6.15 Å². The summed E-state index contributed by atoms with van der Waals surface area (Å²) in [5.41, 5.74) is 5.37. The first-order valence-electron chi connectivity index (χ1n) is 4.90. The topological polar surface area (TPSA) is 35.0 Å². The molecule has 0 aliphatic heterocycles. The number of rotatable bonds is 1. The average Bonchev–Trinajstić information content (AvgIpc) is 2.23. The first-order chi connectivity index (χ1) is 6.79. The van der Waals surface area contributed by atoms with Gasteiger partial charge in [0, 0.05) is 0 Å². The van der Waals surface area contributed by atoms with Crippen LogP contribution in [0.5, 0.6) is 0 Å². The molecule has 78 valence electrons. The highest BCUT2D eigenvalue weighted by Crippen LogP contribution is 2.24. The molecule has 0 aromatic heterocycles. The molecular formula is C14H17N. The van der Waals surface area contributed by atoms with Crippen LogP contribution >= 0.6 is 0 Å². The van der Waals surface area contributed by atoms with E-state index in [1.165, 1.54) is 22.3 Å². The summed E-state index contributed by atoms with van der Waals surface area (Å²) in [5.74, 6) is 0. The zero-order valence-electron chi connectivity index (χ0n) is 9.33. The minimum Gasteiger partial charge on any atom is -0.344 e. The molecule has 1 nitrogen and oxygen atoms in total. The van der Waals surface area contributed by atoms with Gasteiger partial charge in [-0.25, -0.2) is 0 Å². The van der Waals surface area contributed by atoms with Crippen LogP contribution in [0.4, 0.5) is 0 Å². The third-order valence-corrected chi connectivity index (χ3v) is 2.69. The third-order valence-electron chi connectivity index (χ3n) is 2.69. The van der Waals surface area contributed by atoms with E-state index in [1.807, 2.05) is 0 Å². The molecule has 3 N–H and O–H groups in total. The summed E-state index contributed by atoms with van der Waals surface area (Å²) in [7, 11) is 0. The van der Waals surface area contributed by atoms with E-state index in [2.05, 4.69) is 62.4 Å². The first kappa shape index (κ1) is 11.5. The highest BCUT2D eigenvalue weighted by molar-refractivity contribution is 5.68. The van der Waals surface area contributed by atoms with E-state index in [1.54, 1.807) is 0 Å². The summed E-state index contributed by atoms with van der Waals surface area (Å²) in [6.45, 7) is 4.33. The molecule has 2 aromatic carbocycles. The highest BCUT2D eigenvalue weighted by atomic mass is 14.1. The van der Waals surface area contributed by atoms with Crippen LogP contribution in [0.15, 0.2) is 48.5 Å². The van der Waals surface area contributed by atoms with Crippen LogP contribution < -0.4 is 6.15 Å².